The summed E-state index contributed by atoms with van der Waals surface area (Å²) < 4.78 is 25.9. The van der Waals surface area contributed by atoms with E-state index in [-0.39, 0.29) is 16.3 Å². The molecule has 1 aromatic carbocycles. The zero-order valence-electron chi connectivity index (χ0n) is 11.0. The van der Waals surface area contributed by atoms with Crippen molar-refractivity contribution in [1.82, 2.24) is 4.31 Å². The lowest BCUT2D eigenvalue weighted by Gasteiger charge is -2.16. The van der Waals surface area contributed by atoms with Crippen LogP contribution in [0.1, 0.15) is 15.9 Å². The van der Waals surface area contributed by atoms with Crippen molar-refractivity contribution in [1.29, 1.82) is 0 Å². The summed E-state index contributed by atoms with van der Waals surface area (Å²) in [4.78, 5) is 10.8. The predicted molar refractivity (Wildman–Crippen MR) is 81.4 cm³/mol. The van der Waals surface area contributed by atoms with Gasteiger partial charge in [-0.3, -0.25) is 0 Å². The van der Waals surface area contributed by atoms with Crippen molar-refractivity contribution < 1.29 is 18.3 Å². The number of carbonyl (C=O) groups is 1. The average molecular weight is 346 g/mol. The molecule has 0 radical (unpaired) electrons. The molecule has 0 saturated heterocycles. The summed E-state index contributed by atoms with van der Waals surface area (Å²) in [6, 6.07) is 8.07. The van der Waals surface area contributed by atoms with Crippen LogP contribution in [0.15, 0.2) is 39.9 Å². The molecule has 0 aliphatic carbocycles. The third kappa shape index (κ3) is 3.62. The molecule has 2 rings (SSSR count). The van der Waals surface area contributed by atoms with Crippen LogP contribution in [0.3, 0.4) is 0 Å². The molecule has 1 heterocycles. The molecule has 8 heteroatoms. The zero-order chi connectivity index (χ0) is 15.6. The van der Waals surface area contributed by atoms with Crippen LogP contribution in [-0.2, 0) is 16.6 Å². The molecule has 0 unspecified atom stereocenters. The second-order valence-electron chi connectivity index (χ2n) is 4.35. The maximum atomic E-state index is 12.4. The predicted octanol–water partition coefficient (Wildman–Crippen LogP) is 2.92. The summed E-state index contributed by atoms with van der Waals surface area (Å²) in [5, 5.41) is 10.7. The molecule has 0 atom stereocenters. The highest BCUT2D eigenvalue weighted by molar-refractivity contribution is 7.91. The molecule has 5 nitrogen and oxygen atoms in total. The summed E-state index contributed by atoms with van der Waals surface area (Å²) in [6.45, 7) is 0.156. The number of sulfonamides is 1. The van der Waals surface area contributed by atoms with E-state index in [1.54, 1.807) is 24.3 Å². The number of benzene rings is 1. The maximum Gasteiger partial charge on any atom is 0.336 e. The molecule has 0 aliphatic rings. The molecule has 21 heavy (non-hydrogen) atoms. The summed E-state index contributed by atoms with van der Waals surface area (Å²) >= 11 is 6.76. The molecular weight excluding hydrogens is 334 g/mol. The summed E-state index contributed by atoms with van der Waals surface area (Å²) in [5.74, 6) is -1.15. The van der Waals surface area contributed by atoms with Gasteiger partial charge in [-0.05, 0) is 23.8 Å². The zero-order valence-corrected chi connectivity index (χ0v) is 13.4. The highest BCUT2D eigenvalue weighted by atomic mass is 35.5. The third-order valence-electron chi connectivity index (χ3n) is 2.78. The topological polar surface area (TPSA) is 74.7 Å². The standard InChI is InChI=1S/C13H12ClNO4S2/c1-15(7-9-3-2-4-11(14)5-9)21(18,19)12-6-10(8-20-12)13(16)17/h2-6,8H,7H2,1H3,(H,16,17). The van der Waals surface area contributed by atoms with Crippen molar-refractivity contribution in [3.63, 3.8) is 0 Å². The van der Waals surface area contributed by atoms with Gasteiger partial charge in [0, 0.05) is 24.0 Å². The van der Waals surface area contributed by atoms with Crippen molar-refractivity contribution in [2.24, 2.45) is 0 Å². The molecule has 112 valence electrons. The van der Waals surface area contributed by atoms with Gasteiger partial charge in [-0.15, -0.1) is 11.3 Å². The van der Waals surface area contributed by atoms with Gasteiger partial charge in [-0.1, -0.05) is 23.7 Å². The number of rotatable bonds is 5. The Morgan fingerprint density at radius 1 is 1.38 bits per heavy atom. The van der Waals surface area contributed by atoms with Crippen molar-refractivity contribution in [2.45, 2.75) is 10.8 Å². The van der Waals surface area contributed by atoms with Gasteiger partial charge in [0.1, 0.15) is 4.21 Å². The van der Waals surface area contributed by atoms with Crippen LogP contribution in [0.25, 0.3) is 0 Å². The second-order valence-corrected chi connectivity index (χ2v) is 7.97. The van der Waals surface area contributed by atoms with Gasteiger partial charge in [0.15, 0.2) is 0 Å². The van der Waals surface area contributed by atoms with Gasteiger partial charge in [0.25, 0.3) is 10.0 Å². The van der Waals surface area contributed by atoms with E-state index < -0.39 is 16.0 Å². The van der Waals surface area contributed by atoms with E-state index >= 15 is 0 Å². The Hall–Kier alpha value is -1.41. The third-order valence-corrected chi connectivity index (χ3v) is 6.23. The minimum Gasteiger partial charge on any atom is -0.478 e. The van der Waals surface area contributed by atoms with E-state index in [1.807, 2.05) is 0 Å². The van der Waals surface area contributed by atoms with E-state index in [0.29, 0.717) is 5.02 Å². The van der Waals surface area contributed by atoms with Crippen LogP contribution in [-0.4, -0.2) is 30.8 Å². The molecule has 0 saturated carbocycles. The Morgan fingerprint density at radius 3 is 2.67 bits per heavy atom. The number of hydrogen-bond acceptors (Lipinski definition) is 4. The number of hydrogen-bond donors (Lipinski definition) is 1. The lowest BCUT2D eigenvalue weighted by atomic mass is 10.2. The summed E-state index contributed by atoms with van der Waals surface area (Å²) in [7, 11) is -2.28. The fraction of sp³-hybridized carbons (Fsp3) is 0.154. The fourth-order valence-corrected chi connectivity index (χ4v) is 4.43. The summed E-state index contributed by atoms with van der Waals surface area (Å²) in [5.41, 5.74) is 0.721. The van der Waals surface area contributed by atoms with Gasteiger partial charge < -0.3 is 5.11 Å². The van der Waals surface area contributed by atoms with E-state index in [0.717, 1.165) is 27.3 Å². The molecule has 2 aromatic rings. The molecule has 0 aliphatic heterocycles. The van der Waals surface area contributed by atoms with Gasteiger partial charge >= 0.3 is 5.97 Å². The van der Waals surface area contributed by atoms with Crippen LogP contribution in [0, 0.1) is 0 Å². The summed E-state index contributed by atoms with van der Waals surface area (Å²) in [6.07, 6.45) is 0. The van der Waals surface area contributed by atoms with E-state index in [2.05, 4.69) is 0 Å². The van der Waals surface area contributed by atoms with Gasteiger partial charge in [-0.2, -0.15) is 4.31 Å². The minimum atomic E-state index is -3.72. The van der Waals surface area contributed by atoms with Crippen molar-refractivity contribution in [2.75, 3.05) is 7.05 Å². The van der Waals surface area contributed by atoms with E-state index in [1.165, 1.54) is 12.4 Å². The van der Waals surface area contributed by atoms with Crippen LogP contribution in [0.5, 0.6) is 0 Å². The molecule has 0 fully saturated rings. The molecule has 0 amide bonds. The Bertz CT molecular complexity index is 770. The molecular formula is C13H12ClNO4S2. The number of thiophene rings is 1. The fourth-order valence-electron chi connectivity index (χ4n) is 1.69. The quantitative estimate of drug-likeness (QED) is 0.904. The number of halogens is 1. The van der Waals surface area contributed by atoms with Crippen LogP contribution >= 0.6 is 22.9 Å². The minimum absolute atomic E-state index is 0.00410. The van der Waals surface area contributed by atoms with Crippen molar-refractivity contribution in [3.8, 4) is 0 Å². The molecule has 1 aromatic heterocycles. The second kappa shape index (κ2) is 6.15. The number of nitrogens with zero attached hydrogens (tertiary/aromatic N) is 1. The van der Waals surface area contributed by atoms with Crippen molar-refractivity contribution >= 4 is 38.9 Å². The number of carboxylic acid groups (broad SMARTS) is 1. The molecule has 1 N–H and O–H groups in total. The Labute approximate surface area is 131 Å². The molecule has 0 bridgehead atoms. The van der Waals surface area contributed by atoms with Gasteiger partial charge in [0.05, 0.1) is 5.56 Å². The Balaban J connectivity index is 2.23. The largest absolute Gasteiger partial charge is 0.478 e. The van der Waals surface area contributed by atoms with Crippen molar-refractivity contribution in [3.05, 3.63) is 51.9 Å². The SMILES string of the molecule is CN(Cc1cccc(Cl)c1)S(=O)(=O)c1cc(C(=O)O)cs1. The first-order valence-electron chi connectivity index (χ1n) is 5.83. The Morgan fingerprint density at radius 2 is 2.10 bits per heavy atom. The van der Waals surface area contributed by atoms with E-state index in [9.17, 15) is 13.2 Å². The van der Waals surface area contributed by atoms with Crippen LogP contribution in [0.2, 0.25) is 5.02 Å². The normalized spacial score (nSPS) is 11.8. The smallest absolute Gasteiger partial charge is 0.336 e. The van der Waals surface area contributed by atoms with Gasteiger partial charge in [-0.25, -0.2) is 13.2 Å². The monoisotopic (exact) mass is 345 g/mol. The highest BCUT2D eigenvalue weighted by Crippen LogP contribution is 2.24. The lowest BCUT2D eigenvalue weighted by molar-refractivity contribution is 0.0697. The van der Waals surface area contributed by atoms with Gasteiger partial charge in [0.2, 0.25) is 0 Å². The number of carboxylic acids is 1. The molecule has 0 spiro atoms. The highest BCUT2D eigenvalue weighted by Gasteiger charge is 2.24. The Kier molecular flexibility index (Phi) is 4.67. The first kappa shape index (κ1) is 16.0. The lowest BCUT2D eigenvalue weighted by Crippen LogP contribution is -2.25. The van der Waals surface area contributed by atoms with Crippen LogP contribution in [0.4, 0.5) is 0 Å². The average Bonchev–Trinajstić information content (AvgIpc) is 2.89. The first-order valence-corrected chi connectivity index (χ1v) is 8.53. The van der Waals surface area contributed by atoms with Crippen LogP contribution < -0.4 is 0 Å². The maximum absolute atomic E-state index is 12.4. The number of aromatic carboxylic acids is 1. The first-order chi connectivity index (χ1) is 9.80. The van der Waals surface area contributed by atoms with E-state index in [4.69, 9.17) is 16.7 Å².